The van der Waals surface area contributed by atoms with Crippen LogP contribution in [-0.2, 0) is 4.74 Å². The summed E-state index contributed by atoms with van der Waals surface area (Å²) >= 11 is 0. The third-order valence-corrected chi connectivity index (χ3v) is 2.81. The molecule has 0 fully saturated rings. The molecule has 20 heavy (non-hydrogen) atoms. The summed E-state index contributed by atoms with van der Waals surface area (Å²) in [6, 6.07) is 4.44. The van der Waals surface area contributed by atoms with E-state index in [-0.39, 0.29) is 12.3 Å². The van der Waals surface area contributed by atoms with Crippen molar-refractivity contribution in [3.8, 4) is 0 Å². The van der Waals surface area contributed by atoms with E-state index in [1.165, 1.54) is 19.2 Å². The SMILES string of the molecule is COCC(O)CCNc1nc2ccc([N+](=O)[O-])cc2[nH]1. The first-order valence-electron chi connectivity index (χ1n) is 6.15. The molecule has 1 aromatic heterocycles. The molecule has 0 aliphatic heterocycles. The lowest BCUT2D eigenvalue weighted by molar-refractivity contribution is -0.384. The number of anilines is 1. The molecule has 1 heterocycles. The molecule has 0 saturated heterocycles. The van der Waals surface area contributed by atoms with Crippen LogP contribution in [0.1, 0.15) is 6.42 Å². The fourth-order valence-corrected chi connectivity index (χ4v) is 1.83. The number of hydrogen-bond donors (Lipinski definition) is 3. The Hall–Kier alpha value is -2.19. The smallest absolute Gasteiger partial charge is 0.271 e. The van der Waals surface area contributed by atoms with E-state index in [0.29, 0.717) is 29.9 Å². The molecule has 8 heteroatoms. The maximum absolute atomic E-state index is 10.7. The minimum absolute atomic E-state index is 0.0169. The average Bonchev–Trinajstić information content (AvgIpc) is 2.80. The molecule has 0 saturated carbocycles. The lowest BCUT2D eigenvalue weighted by Gasteiger charge is -2.09. The quantitative estimate of drug-likeness (QED) is 0.520. The Morgan fingerprint density at radius 2 is 2.40 bits per heavy atom. The molecular formula is C12H16N4O4. The van der Waals surface area contributed by atoms with Crippen molar-refractivity contribution in [2.75, 3.05) is 25.6 Å². The van der Waals surface area contributed by atoms with Gasteiger partial charge in [-0.25, -0.2) is 4.98 Å². The predicted molar refractivity (Wildman–Crippen MR) is 73.7 cm³/mol. The number of nitrogens with zero attached hydrogens (tertiary/aromatic N) is 2. The van der Waals surface area contributed by atoms with Gasteiger partial charge in [-0.3, -0.25) is 10.1 Å². The van der Waals surface area contributed by atoms with Crippen LogP contribution in [0, 0.1) is 10.1 Å². The molecule has 0 radical (unpaired) electrons. The molecule has 2 aromatic rings. The second-order valence-corrected chi connectivity index (χ2v) is 4.37. The molecule has 0 aliphatic carbocycles. The monoisotopic (exact) mass is 280 g/mol. The summed E-state index contributed by atoms with van der Waals surface area (Å²) in [5.74, 6) is 0.519. The summed E-state index contributed by atoms with van der Waals surface area (Å²) in [4.78, 5) is 17.4. The summed E-state index contributed by atoms with van der Waals surface area (Å²) < 4.78 is 4.82. The number of aliphatic hydroxyl groups excluding tert-OH is 1. The third-order valence-electron chi connectivity index (χ3n) is 2.81. The number of aromatic nitrogens is 2. The van der Waals surface area contributed by atoms with E-state index < -0.39 is 11.0 Å². The predicted octanol–water partition coefficient (Wildman–Crippen LogP) is 1.28. The van der Waals surface area contributed by atoms with Crippen molar-refractivity contribution in [3.63, 3.8) is 0 Å². The van der Waals surface area contributed by atoms with Crippen LogP contribution in [0.3, 0.4) is 0 Å². The van der Waals surface area contributed by atoms with Gasteiger partial charge in [0.2, 0.25) is 5.95 Å². The second-order valence-electron chi connectivity index (χ2n) is 4.37. The zero-order valence-electron chi connectivity index (χ0n) is 11.0. The standard InChI is InChI=1S/C12H16N4O4/c1-20-7-9(17)4-5-13-12-14-10-3-2-8(16(18)19)6-11(10)15-12/h2-3,6,9,17H,4-5,7H2,1H3,(H2,13,14,15). The molecule has 0 spiro atoms. The lowest BCUT2D eigenvalue weighted by Crippen LogP contribution is -2.18. The lowest BCUT2D eigenvalue weighted by atomic mass is 10.3. The Morgan fingerprint density at radius 3 is 3.10 bits per heavy atom. The van der Waals surface area contributed by atoms with Gasteiger partial charge in [0.25, 0.3) is 5.69 Å². The van der Waals surface area contributed by atoms with Crippen molar-refractivity contribution in [3.05, 3.63) is 28.3 Å². The average molecular weight is 280 g/mol. The first-order chi connectivity index (χ1) is 9.60. The van der Waals surface area contributed by atoms with Crippen molar-refractivity contribution in [2.24, 2.45) is 0 Å². The van der Waals surface area contributed by atoms with Crippen molar-refractivity contribution >= 4 is 22.7 Å². The maximum Gasteiger partial charge on any atom is 0.271 e. The highest BCUT2D eigenvalue weighted by Crippen LogP contribution is 2.20. The Labute approximate surface area is 114 Å². The second kappa shape index (κ2) is 6.31. The highest BCUT2D eigenvalue weighted by Gasteiger charge is 2.09. The first-order valence-corrected chi connectivity index (χ1v) is 6.15. The van der Waals surface area contributed by atoms with Gasteiger partial charge in [-0.2, -0.15) is 0 Å². The van der Waals surface area contributed by atoms with Gasteiger partial charge in [0.1, 0.15) is 0 Å². The molecule has 0 amide bonds. The number of non-ortho nitro benzene ring substituents is 1. The fraction of sp³-hybridized carbons (Fsp3) is 0.417. The van der Waals surface area contributed by atoms with Crippen LogP contribution in [0.25, 0.3) is 11.0 Å². The minimum Gasteiger partial charge on any atom is -0.391 e. The summed E-state index contributed by atoms with van der Waals surface area (Å²) in [6.07, 6.45) is -0.0108. The van der Waals surface area contributed by atoms with Crippen LogP contribution >= 0.6 is 0 Å². The molecule has 0 bridgehead atoms. The number of H-pyrrole nitrogens is 1. The highest BCUT2D eigenvalue weighted by atomic mass is 16.6. The van der Waals surface area contributed by atoms with Gasteiger partial charge in [0, 0.05) is 25.8 Å². The van der Waals surface area contributed by atoms with Crippen molar-refractivity contribution < 1.29 is 14.8 Å². The highest BCUT2D eigenvalue weighted by molar-refractivity contribution is 5.79. The van der Waals surface area contributed by atoms with E-state index in [2.05, 4.69) is 15.3 Å². The van der Waals surface area contributed by atoms with Crippen LogP contribution in [-0.4, -0.2) is 46.4 Å². The van der Waals surface area contributed by atoms with Crippen LogP contribution in [0.2, 0.25) is 0 Å². The molecule has 8 nitrogen and oxygen atoms in total. The molecular weight excluding hydrogens is 264 g/mol. The number of nitro benzene ring substituents is 1. The van der Waals surface area contributed by atoms with Crippen LogP contribution < -0.4 is 5.32 Å². The van der Waals surface area contributed by atoms with Gasteiger partial charge in [0.05, 0.1) is 28.7 Å². The number of fused-ring (bicyclic) bond motifs is 1. The Kier molecular flexibility index (Phi) is 4.49. The fourth-order valence-electron chi connectivity index (χ4n) is 1.83. The number of aliphatic hydroxyl groups is 1. The van der Waals surface area contributed by atoms with E-state index in [1.807, 2.05) is 0 Å². The largest absolute Gasteiger partial charge is 0.391 e. The van der Waals surface area contributed by atoms with E-state index in [1.54, 1.807) is 6.07 Å². The number of methoxy groups -OCH3 is 1. The van der Waals surface area contributed by atoms with Crippen molar-refractivity contribution in [1.82, 2.24) is 9.97 Å². The zero-order valence-corrected chi connectivity index (χ0v) is 11.0. The summed E-state index contributed by atoms with van der Waals surface area (Å²) in [7, 11) is 1.53. The van der Waals surface area contributed by atoms with E-state index >= 15 is 0 Å². The van der Waals surface area contributed by atoms with E-state index in [4.69, 9.17) is 4.74 Å². The molecule has 0 aliphatic rings. The molecule has 108 valence electrons. The Bertz CT molecular complexity index is 598. The number of benzene rings is 1. The number of nitrogens with one attached hydrogen (secondary N) is 2. The molecule has 3 N–H and O–H groups in total. The van der Waals surface area contributed by atoms with Gasteiger partial charge in [0.15, 0.2) is 0 Å². The first kappa shape index (κ1) is 14.2. The van der Waals surface area contributed by atoms with Gasteiger partial charge < -0.3 is 20.1 Å². The molecule has 1 aromatic carbocycles. The van der Waals surface area contributed by atoms with Crippen molar-refractivity contribution in [1.29, 1.82) is 0 Å². The number of imidazole rings is 1. The normalized spacial score (nSPS) is 12.5. The minimum atomic E-state index is -0.530. The number of hydrogen-bond acceptors (Lipinski definition) is 6. The number of ether oxygens (including phenoxy) is 1. The summed E-state index contributed by atoms with van der Waals surface area (Å²) in [6.45, 7) is 0.806. The van der Waals surface area contributed by atoms with Crippen LogP contribution in [0.4, 0.5) is 11.6 Å². The van der Waals surface area contributed by atoms with Gasteiger partial charge in [-0.05, 0) is 12.5 Å². The molecule has 1 atom stereocenters. The van der Waals surface area contributed by atoms with E-state index in [9.17, 15) is 15.2 Å². The topological polar surface area (TPSA) is 113 Å². The van der Waals surface area contributed by atoms with Crippen LogP contribution in [0.5, 0.6) is 0 Å². The van der Waals surface area contributed by atoms with Gasteiger partial charge in [-0.1, -0.05) is 0 Å². The van der Waals surface area contributed by atoms with Crippen LogP contribution in [0.15, 0.2) is 18.2 Å². The number of rotatable bonds is 7. The van der Waals surface area contributed by atoms with Gasteiger partial charge >= 0.3 is 0 Å². The van der Waals surface area contributed by atoms with E-state index in [0.717, 1.165) is 0 Å². The maximum atomic E-state index is 10.7. The number of nitro groups is 1. The summed E-state index contributed by atoms with van der Waals surface area (Å²) in [5.41, 5.74) is 1.26. The van der Waals surface area contributed by atoms with Crippen molar-refractivity contribution in [2.45, 2.75) is 12.5 Å². The summed E-state index contributed by atoms with van der Waals surface area (Å²) in [5, 5.41) is 23.2. The zero-order chi connectivity index (χ0) is 14.5. The Balaban J connectivity index is 1.99. The third kappa shape index (κ3) is 3.43. The van der Waals surface area contributed by atoms with Gasteiger partial charge in [-0.15, -0.1) is 0 Å². The Morgan fingerprint density at radius 1 is 1.60 bits per heavy atom. The molecule has 2 rings (SSSR count). The molecule has 1 unspecified atom stereocenters. The number of aromatic amines is 1.